The van der Waals surface area contributed by atoms with Gasteiger partial charge < -0.3 is 15.5 Å². The summed E-state index contributed by atoms with van der Waals surface area (Å²) in [6, 6.07) is 0. The summed E-state index contributed by atoms with van der Waals surface area (Å²) in [6.07, 6.45) is 13.6. The summed E-state index contributed by atoms with van der Waals surface area (Å²) in [4.78, 5) is 23.4. The fourth-order valence-corrected chi connectivity index (χ4v) is 3.01. The SMILES string of the molecule is CCCCCCCCCCCCN(CCNCCCC(=O)O)CC(=O)O. The highest BCUT2D eigenvalue weighted by Crippen LogP contribution is 2.10. The first-order valence-electron chi connectivity index (χ1n) is 10.4. The van der Waals surface area contributed by atoms with E-state index in [1.165, 1.54) is 51.4 Å². The Morgan fingerprint density at radius 3 is 1.85 bits per heavy atom. The Morgan fingerprint density at radius 2 is 1.31 bits per heavy atom. The second kappa shape index (κ2) is 18.6. The zero-order chi connectivity index (χ0) is 19.5. The fourth-order valence-electron chi connectivity index (χ4n) is 3.01. The summed E-state index contributed by atoms with van der Waals surface area (Å²) in [7, 11) is 0. The molecule has 0 amide bonds. The van der Waals surface area contributed by atoms with Crippen molar-refractivity contribution in [3.05, 3.63) is 0 Å². The molecule has 154 valence electrons. The van der Waals surface area contributed by atoms with Crippen molar-refractivity contribution in [2.24, 2.45) is 0 Å². The predicted octanol–water partition coefficient (Wildman–Crippen LogP) is 3.75. The average molecular weight is 373 g/mol. The summed E-state index contributed by atoms with van der Waals surface area (Å²) in [5.41, 5.74) is 0. The van der Waals surface area contributed by atoms with E-state index >= 15 is 0 Å². The monoisotopic (exact) mass is 372 g/mol. The molecule has 3 N–H and O–H groups in total. The van der Waals surface area contributed by atoms with Gasteiger partial charge in [-0.25, -0.2) is 0 Å². The van der Waals surface area contributed by atoms with E-state index in [0.717, 1.165) is 19.4 Å². The van der Waals surface area contributed by atoms with E-state index in [2.05, 4.69) is 12.2 Å². The maximum absolute atomic E-state index is 11.0. The van der Waals surface area contributed by atoms with Crippen LogP contribution in [0.15, 0.2) is 0 Å². The van der Waals surface area contributed by atoms with Gasteiger partial charge in [0.05, 0.1) is 6.54 Å². The van der Waals surface area contributed by atoms with Crippen molar-refractivity contribution < 1.29 is 19.8 Å². The summed E-state index contributed by atoms with van der Waals surface area (Å²) >= 11 is 0. The molecule has 0 saturated carbocycles. The van der Waals surface area contributed by atoms with Crippen molar-refractivity contribution in [3.8, 4) is 0 Å². The number of unbranched alkanes of at least 4 members (excludes halogenated alkanes) is 9. The van der Waals surface area contributed by atoms with E-state index in [-0.39, 0.29) is 13.0 Å². The first kappa shape index (κ1) is 24.9. The van der Waals surface area contributed by atoms with E-state index in [4.69, 9.17) is 10.2 Å². The third kappa shape index (κ3) is 19.2. The molecule has 6 nitrogen and oxygen atoms in total. The minimum atomic E-state index is -0.789. The molecule has 0 aliphatic rings. The number of carboxylic acids is 2. The second-order valence-corrected chi connectivity index (χ2v) is 7.10. The maximum Gasteiger partial charge on any atom is 0.317 e. The van der Waals surface area contributed by atoms with Gasteiger partial charge in [0.15, 0.2) is 0 Å². The van der Waals surface area contributed by atoms with E-state index < -0.39 is 11.9 Å². The van der Waals surface area contributed by atoms with Crippen molar-refractivity contribution in [1.29, 1.82) is 0 Å². The van der Waals surface area contributed by atoms with Crippen LogP contribution in [0.4, 0.5) is 0 Å². The quantitative estimate of drug-likeness (QED) is 0.282. The molecule has 0 radical (unpaired) electrons. The summed E-state index contributed by atoms with van der Waals surface area (Å²) in [5.74, 6) is -1.57. The standard InChI is InChI=1S/C20H40N2O4/c1-2-3-4-5-6-7-8-9-10-11-16-22(18-20(25)26)17-15-21-14-12-13-19(23)24/h21H,2-18H2,1H3,(H,23,24)(H,25,26). The molecular formula is C20H40N2O4. The van der Waals surface area contributed by atoms with E-state index in [9.17, 15) is 9.59 Å². The molecule has 0 aromatic carbocycles. The summed E-state index contributed by atoms with van der Waals surface area (Å²) in [6.45, 7) is 5.18. The van der Waals surface area contributed by atoms with E-state index in [1.807, 2.05) is 4.90 Å². The highest BCUT2D eigenvalue weighted by molar-refractivity contribution is 5.69. The van der Waals surface area contributed by atoms with Crippen molar-refractivity contribution >= 4 is 11.9 Å². The Balaban J connectivity index is 3.61. The Bertz CT molecular complexity index is 351. The first-order valence-corrected chi connectivity index (χ1v) is 10.4. The Morgan fingerprint density at radius 1 is 0.731 bits per heavy atom. The Kier molecular flexibility index (Phi) is 17.8. The van der Waals surface area contributed by atoms with Crippen LogP contribution in [-0.4, -0.2) is 59.8 Å². The van der Waals surface area contributed by atoms with Gasteiger partial charge in [0.1, 0.15) is 0 Å². The van der Waals surface area contributed by atoms with Gasteiger partial charge in [0.2, 0.25) is 0 Å². The Hall–Kier alpha value is -1.14. The lowest BCUT2D eigenvalue weighted by Gasteiger charge is -2.20. The minimum Gasteiger partial charge on any atom is -0.481 e. The largest absolute Gasteiger partial charge is 0.481 e. The number of carboxylic acid groups (broad SMARTS) is 2. The number of carbonyl (C=O) groups is 2. The fraction of sp³-hybridized carbons (Fsp3) is 0.900. The van der Waals surface area contributed by atoms with Gasteiger partial charge in [-0.1, -0.05) is 64.7 Å². The highest BCUT2D eigenvalue weighted by atomic mass is 16.4. The van der Waals surface area contributed by atoms with Crippen LogP contribution in [0, 0.1) is 0 Å². The number of aliphatic carboxylic acids is 2. The topological polar surface area (TPSA) is 89.9 Å². The normalized spacial score (nSPS) is 11.2. The minimum absolute atomic E-state index is 0.0776. The summed E-state index contributed by atoms with van der Waals surface area (Å²) in [5, 5.41) is 20.8. The van der Waals surface area contributed by atoms with Crippen LogP contribution >= 0.6 is 0 Å². The molecule has 0 spiro atoms. The zero-order valence-electron chi connectivity index (χ0n) is 16.7. The number of nitrogens with zero attached hydrogens (tertiary/aromatic N) is 1. The molecule has 0 saturated heterocycles. The van der Waals surface area contributed by atoms with Crippen LogP contribution in [0.2, 0.25) is 0 Å². The molecule has 0 aromatic rings. The average Bonchev–Trinajstić information content (AvgIpc) is 2.58. The van der Waals surface area contributed by atoms with Gasteiger partial charge in [0.25, 0.3) is 0 Å². The second-order valence-electron chi connectivity index (χ2n) is 7.10. The molecule has 0 unspecified atom stereocenters. The Labute approximate surface area is 159 Å². The zero-order valence-corrected chi connectivity index (χ0v) is 16.7. The predicted molar refractivity (Wildman–Crippen MR) is 106 cm³/mol. The van der Waals surface area contributed by atoms with E-state index in [1.54, 1.807) is 0 Å². The highest BCUT2D eigenvalue weighted by Gasteiger charge is 2.09. The number of rotatable bonds is 20. The lowest BCUT2D eigenvalue weighted by Crippen LogP contribution is -2.36. The molecule has 0 aliphatic heterocycles. The molecular weight excluding hydrogens is 332 g/mol. The van der Waals surface area contributed by atoms with Crippen LogP contribution in [0.3, 0.4) is 0 Å². The van der Waals surface area contributed by atoms with E-state index in [0.29, 0.717) is 26.1 Å². The molecule has 26 heavy (non-hydrogen) atoms. The van der Waals surface area contributed by atoms with Gasteiger partial charge in [-0.2, -0.15) is 0 Å². The van der Waals surface area contributed by atoms with Gasteiger partial charge in [-0.15, -0.1) is 0 Å². The lowest BCUT2D eigenvalue weighted by atomic mass is 10.1. The molecule has 0 rings (SSSR count). The molecule has 0 atom stereocenters. The van der Waals surface area contributed by atoms with Crippen LogP contribution in [0.1, 0.15) is 84.0 Å². The smallest absolute Gasteiger partial charge is 0.317 e. The molecule has 0 aliphatic carbocycles. The van der Waals surface area contributed by atoms with Crippen LogP contribution in [0.25, 0.3) is 0 Å². The van der Waals surface area contributed by atoms with Gasteiger partial charge in [0, 0.05) is 19.5 Å². The van der Waals surface area contributed by atoms with Crippen molar-refractivity contribution in [2.45, 2.75) is 84.0 Å². The molecule has 0 fully saturated rings. The maximum atomic E-state index is 11.0. The number of hydrogen-bond donors (Lipinski definition) is 3. The lowest BCUT2D eigenvalue weighted by molar-refractivity contribution is -0.139. The van der Waals surface area contributed by atoms with Gasteiger partial charge >= 0.3 is 11.9 Å². The van der Waals surface area contributed by atoms with Crippen LogP contribution < -0.4 is 5.32 Å². The molecule has 6 heteroatoms. The molecule has 0 heterocycles. The molecule has 0 bridgehead atoms. The summed E-state index contributed by atoms with van der Waals surface area (Å²) < 4.78 is 0. The number of nitrogens with one attached hydrogen (secondary N) is 1. The third-order valence-corrected chi connectivity index (χ3v) is 4.54. The molecule has 0 aromatic heterocycles. The van der Waals surface area contributed by atoms with Gasteiger partial charge in [-0.3, -0.25) is 14.5 Å². The number of hydrogen-bond acceptors (Lipinski definition) is 4. The van der Waals surface area contributed by atoms with Crippen molar-refractivity contribution in [1.82, 2.24) is 10.2 Å². The van der Waals surface area contributed by atoms with Crippen LogP contribution in [0.5, 0.6) is 0 Å². The third-order valence-electron chi connectivity index (χ3n) is 4.54. The van der Waals surface area contributed by atoms with Crippen LogP contribution in [-0.2, 0) is 9.59 Å². The first-order chi connectivity index (χ1) is 12.6. The van der Waals surface area contributed by atoms with Crippen molar-refractivity contribution in [2.75, 3.05) is 32.7 Å². The van der Waals surface area contributed by atoms with Gasteiger partial charge in [-0.05, 0) is 25.9 Å². The van der Waals surface area contributed by atoms with Crippen molar-refractivity contribution in [3.63, 3.8) is 0 Å².